The fraction of sp³-hybridized carbons (Fsp3) is 0.400. The van der Waals surface area contributed by atoms with Gasteiger partial charge in [0.05, 0.1) is 6.04 Å². The van der Waals surface area contributed by atoms with Crippen LogP contribution in [0.5, 0.6) is 0 Å². The lowest BCUT2D eigenvalue weighted by Crippen LogP contribution is -2.37. The Morgan fingerprint density at radius 3 is 2.25 bits per heavy atom. The van der Waals surface area contributed by atoms with Crippen LogP contribution in [-0.4, -0.2) is 30.4 Å². The maximum absolute atomic E-state index is 13.9. The lowest BCUT2D eigenvalue weighted by Gasteiger charge is -2.24. The number of likely N-dealkylation sites (N-methyl/N-ethyl adjacent to an activating group) is 1. The summed E-state index contributed by atoms with van der Waals surface area (Å²) in [5.41, 5.74) is 0.380. The van der Waals surface area contributed by atoms with Crippen molar-refractivity contribution >= 4 is 10.3 Å². The fourth-order valence-electron chi connectivity index (χ4n) is 1.31. The number of nitrogens with zero attached hydrogens (tertiary/aromatic N) is 1. The Kier molecular flexibility index (Phi) is 4.01. The van der Waals surface area contributed by atoms with Gasteiger partial charge in [0.15, 0.2) is 0 Å². The lowest BCUT2D eigenvalue weighted by atomic mass is 10.1. The van der Waals surface area contributed by atoms with E-state index in [9.17, 15) is 12.8 Å². The number of alkyl halides is 1. The standard InChI is InChI=1S/C10H14FNO3S/c1-8(12(2)16(13,14)15)10(11)9-6-4-3-5-7-9/h3-8,10H,1-2H3,(H,13,14,15)/t8-,10+/m0/s1/i11-1. The van der Waals surface area contributed by atoms with Gasteiger partial charge in [-0.3, -0.25) is 4.55 Å². The van der Waals surface area contributed by atoms with Gasteiger partial charge in [-0.1, -0.05) is 30.3 Å². The van der Waals surface area contributed by atoms with Crippen LogP contribution in [0.2, 0.25) is 0 Å². The molecule has 1 N–H and O–H groups in total. The lowest BCUT2D eigenvalue weighted by molar-refractivity contribution is 0.202. The molecule has 0 aliphatic rings. The molecule has 1 aromatic carbocycles. The summed E-state index contributed by atoms with van der Waals surface area (Å²) in [5.74, 6) is 0. The fourth-order valence-corrected chi connectivity index (χ4v) is 1.84. The SMILES string of the molecule is C[C@@H]([C@@H]([18F])c1ccccc1)N(C)S(=O)(=O)O. The van der Waals surface area contributed by atoms with E-state index in [0.717, 1.165) is 7.05 Å². The molecule has 0 aliphatic carbocycles. The number of hydrogen-bond acceptors (Lipinski definition) is 2. The monoisotopic (exact) mass is 246 g/mol. The van der Waals surface area contributed by atoms with E-state index in [4.69, 9.17) is 4.55 Å². The highest BCUT2D eigenvalue weighted by Gasteiger charge is 2.28. The van der Waals surface area contributed by atoms with Crippen molar-refractivity contribution in [2.45, 2.75) is 19.1 Å². The van der Waals surface area contributed by atoms with Crippen molar-refractivity contribution in [2.75, 3.05) is 7.05 Å². The zero-order valence-electron chi connectivity index (χ0n) is 9.04. The largest absolute Gasteiger partial charge is 0.336 e. The van der Waals surface area contributed by atoms with Crippen molar-refractivity contribution in [3.05, 3.63) is 35.9 Å². The highest BCUT2D eigenvalue weighted by atomic mass is 32.2. The first-order valence-electron chi connectivity index (χ1n) is 4.73. The Bertz CT molecular complexity index is 435. The highest BCUT2D eigenvalue weighted by Crippen LogP contribution is 2.24. The van der Waals surface area contributed by atoms with Gasteiger partial charge in [0, 0.05) is 7.05 Å². The second kappa shape index (κ2) is 4.90. The number of benzene rings is 1. The van der Waals surface area contributed by atoms with Crippen LogP contribution in [-0.2, 0) is 10.3 Å². The van der Waals surface area contributed by atoms with Crippen molar-refractivity contribution in [1.29, 1.82) is 0 Å². The van der Waals surface area contributed by atoms with E-state index in [0.29, 0.717) is 9.87 Å². The van der Waals surface area contributed by atoms with E-state index in [1.165, 1.54) is 6.92 Å². The van der Waals surface area contributed by atoms with Crippen LogP contribution in [0.15, 0.2) is 30.3 Å². The van der Waals surface area contributed by atoms with Gasteiger partial charge in [-0.2, -0.15) is 12.7 Å². The van der Waals surface area contributed by atoms with E-state index >= 15 is 0 Å². The van der Waals surface area contributed by atoms with Gasteiger partial charge in [-0.05, 0) is 12.5 Å². The van der Waals surface area contributed by atoms with Gasteiger partial charge < -0.3 is 0 Å². The summed E-state index contributed by atoms with van der Waals surface area (Å²) in [4.78, 5) is 0. The predicted octanol–water partition coefficient (Wildman–Crippen LogP) is 1.82. The molecule has 0 radical (unpaired) electrons. The first-order chi connectivity index (χ1) is 7.34. The Labute approximate surface area is 94.6 Å². The van der Waals surface area contributed by atoms with Crippen LogP contribution in [0.1, 0.15) is 18.7 Å². The smallest absolute Gasteiger partial charge is 0.273 e. The van der Waals surface area contributed by atoms with Crippen LogP contribution in [0.4, 0.5) is 4.39 Å². The Morgan fingerprint density at radius 2 is 1.81 bits per heavy atom. The normalized spacial score (nSPS) is 16.1. The molecular weight excluding hydrogens is 232 g/mol. The van der Waals surface area contributed by atoms with Gasteiger partial charge in [0.25, 0.3) is 0 Å². The molecular formula is C10H14FNO3S. The van der Waals surface area contributed by atoms with E-state index in [1.807, 2.05) is 0 Å². The minimum Gasteiger partial charge on any atom is -0.273 e. The average molecular weight is 246 g/mol. The molecule has 1 aromatic rings. The second-order valence-corrected chi connectivity index (χ2v) is 5.02. The van der Waals surface area contributed by atoms with Crippen molar-refractivity contribution < 1.29 is 17.4 Å². The van der Waals surface area contributed by atoms with Gasteiger partial charge in [0.1, 0.15) is 6.17 Å². The maximum atomic E-state index is 13.9. The van der Waals surface area contributed by atoms with Gasteiger partial charge >= 0.3 is 10.3 Å². The van der Waals surface area contributed by atoms with Crippen LogP contribution in [0.25, 0.3) is 0 Å². The quantitative estimate of drug-likeness (QED) is 0.824. The molecule has 0 saturated carbocycles. The second-order valence-electron chi connectivity index (χ2n) is 3.55. The third-order valence-electron chi connectivity index (χ3n) is 2.48. The zero-order valence-corrected chi connectivity index (χ0v) is 9.86. The summed E-state index contributed by atoms with van der Waals surface area (Å²) in [6.07, 6.45) is -1.48. The highest BCUT2D eigenvalue weighted by molar-refractivity contribution is 7.83. The molecule has 0 bridgehead atoms. The molecule has 0 aliphatic heterocycles. The van der Waals surface area contributed by atoms with Gasteiger partial charge in [-0.15, -0.1) is 0 Å². The van der Waals surface area contributed by atoms with E-state index < -0.39 is 22.5 Å². The topological polar surface area (TPSA) is 57.6 Å². The molecule has 0 aromatic heterocycles. The minimum atomic E-state index is -4.36. The van der Waals surface area contributed by atoms with Crippen molar-refractivity contribution in [1.82, 2.24) is 4.31 Å². The summed E-state index contributed by atoms with van der Waals surface area (Å²) < 4.78 is 44.9. The van der Waals surface area contributed by atoms with Crippen molar-refractivity contribution in [2.24, 2.45) is 0 Å². The summed E-state index contributed by atoms with van der Waals surface area (Å²) in [7, 11) is -3.23. The predicted molar refractivity (Wildman–Crippen MR) is 59.1 cm³/mol. The summed E-state index contributed by atoms with van der Waals surface area (Å²) in [5, 5.41) is 0. The van der Waals surface area contributed by atoms with Gasteiger partial charge in [0.2, 0.25) is 0 Å². The number of hydrogen-bond donors (Lipinski definition) is 1. The summed E-state index contributed by atoms with van der Waals surface area (Å²) >= 11 is 0. The molecule has 0 heterocycles. The van der Waals surface area contributed by atoms with Crippen molar-refractivity contribution in [3.63, 3.8) is 0 Å². The Morgan fingerprint density at radius 1 is 1.31 bits per heavy atom. The third kappa shape index (κ3) is 3.01. The third-order valence-corrected chi connectivity index (χ3v) is 3.54. The maximum Gasteiger partial charge on any atom is 0.336 e. The molecule has 0 saturated heterocycles. The molecule has 16 heavy (non-hydrogen) atoms. The summed E-state index contributed by atoms with van der Waals surface area (Å²) in [6.45, 7) is 1.39. The average Bonchev–Trinajstić information content (AvgIpc) is 2.26. The van der Waals surface area contributed by atoms with Crippen LogP contribution >= 0.6 is 0 Å². The molecule has 0 fully saturated rings. The van der Waals surface area contributed by atoms with E-state index in [2.05, 4.69) is 0 Å². The van der Waals surface area contributed by atoms with Crippen LogP contribution in [0.3, 0.4) is 0 Å². The zero-order chi connectivity index (χ0) is 12.3. The van der Waals surface area contributed by atoms with E-state index in [1.54, 1.807) is 30.3 Å². The first-order valence-corrected chi connectivity index (χ1v) is 6.13. The Hall–Kier alpha value is -0.980. The molecule has 1 rings (SSSR count). The molecule has 6 heteroatoms. The number of halogens is 1. The van der Waals surface area contributed by atoms with Crippen LogP contribution in [0, 0.1) is 0 Å². The summed E-state index contributed by atoms with van der Waals surface area (Å²) in [6, 6.07) is 7.26. The Balaban J connectivity index is 2.87. The molecule has 2 atom stereocenters. The first kappa shape index (κ1) is 13.1. The van der Waals surface area contributed by atoms with E-state index in [-0.39, 0.29) is 0 Å². The van der Waals surface area contributed by atoms with Crippen molar-refractivity contribution in [3.8, 4) is 0 Å². The molecule has 0 unspecified atom stereocenters. The molecule has 0 spiro atoms. The number of rotatable bonds is 4. The molecule has 0 amide bonds. The molecule has 4 nitrogen and oxygen atoms in total. The van der Waals surface area contributed by atoms with Crippen LogP contribution < -0.4 is 0 Å². The van der Waals surface area contributed by atoms with Gasteiger partial charge in [-0.25, -0.2) is 4.39 Å². The molecule has 90 valence electrons. The minimum absolute atomic E-state index is 0.380.